The topological polar surface area (TPSA) is 84.0 Å². The summed E-state index contributed by atoms with van der Waals surface area (Å²) in [6.07, 6.45) is 0. The minimum Gasteiger partial charge on any atom is -0.322 e. The van der Waals surface area contributed by atoms with E-state index in [1.165, 1.54) is 0 Å². The van der Waals surface area contributed by atoms with Crippen LogP contribution in [0.15, 0.2) is 303 Å². The van der Waals surface area contributed by atoms with Crippen molar-refractivity contribution in [3.63, 3.8) is 0 Å². The van der Waals surface area contributed by atoms with Gasteiger partial charge in [-0.3, -0.25) is 19.6 Å². The Hall–Kier alpha value is -10.8. The maximum Gasteiger partial charge on any atom is 0.255 e. The number of aromatic nitrogens is 2. The van der Waals surface area contributed by atoms with Gasteiger partial charge in [0.1, 0.15) is 0 Å². The van der Waals surface area contributed by atoms with Crippen LogP contribution in [0.1, 0.15) is 76.6 Å². The summed E-state index contributed by atoms with van der Waals surface area (Å²) >= 11 is 0. The van der Waals surface area contributed by atoms with Crippen molar-refractivity contribution in [3.05, 3.63) is 370 Å². The molecule has 0 radical (unpaired) electrons. The van der Waals surface area contributed by atoms with Crippen LogP contribution in [0, 0.1) is 13.8 Å². The third-order valence-electron chi connectivity index (χ3n) is 16.5. The number of hydrogen-bond donors (Lipinski definition) is 2. The van der Waals surface area contributed by atoms with E-state index in [0.29, 0.717) is 22.5 Å². The van der Waals surface area contributed by atoms with Gasteiger partial charge in [-0.15, -0.1) is 0 Å². The number of nitrogens with zero attached hydrogens (tertiary/aromatic N) is 2. The summed E-state index contributed by atoms with van der Waals surface area (Å²) < 4.78 is 0. The Bertz CT molecular complexity index is 3980. The second kappa shape index (κ2) is 22.6. The van der Waals surface area contributed by atoms with Crippen molar-refractivity contribution in [1.29, 1.82) is 0 Å². The molecule has 0 unspecified atom stereocenters. The molecule has 0 aliphatic rings. The van der Waals surface area contributed by atoms with E-state index in [1.54, 1.807) is 0 Å². The molecule has 84 heavy (non-hydrogen) atoms. The number of amides is 2. The van der Waals surface area contributed by atoms with Crippen molar-refractivity contribution in [2.24, 2.45) is 0 Å². The van der Waals surface area contributed by atoms with Gasteiger partial charge in [0.05, 0.1) is 21.9 Å². The van der Waals surface area contributed by atoms with Gasteiger partial charge >= 0.3 is 0 Å². The largest absolute Gasteiger partial charge is 0.322 e. The highest BCUT2D eigenvalue weighted by molar-refractivity contribution is 6.07. The lowest BCUT2D eigenvalue weighted by atomic mass is 9.65. The first-order valence-corrected chi connectivity index (χ1v) is 28.4. The maximum atomic E-state index is 13.8. The van der Waals surface area contributed by atoms with Crippen LogP contribution >= 0.6 is 0 Å². The molecule has 0 fully saturated rings. The van der Waals surface area contributed by atoms with Crippen molar-refractivity contribution in [2.75, 3.05) is 10.6 Å². The minimum atomic E-state index is -0.577. The lowest BCUT2D eigenvalue weighted by molar-refractivity contribution is 0.101. The van der Waals surface area contributed by atoms with E-state index < -0.39 is 10.8 Å². The molecule has 2 aromatic heterocycles. The second-order valence-electron chi connectivity index (χ2n) is 21.4. The number of pyridine rings is 2. The highest BCUT2D eigenvalue weighted by Crippen LogP contribution is 2.47. The van der Waals surface area contributed by atoms with Crippen LogP contribution in [0.5, 0.6) is 0 Å². The summed E-state index contributed by atoms with van der Waals surface area (Å²) in [5.74, 6) is -0.382. The number of benzene rings is 11. The fraction of sp³-hybridized carbons (Fsp3) is 0.0513. The molecule has 2 amide bonds. The highest BCUT2D eigenvalue weighted by Gasteiger charge is 2.39. The zero-order valence-electron chi connectivity index (χ0n) is 46.6. The summed E-state index contributed by atoms with van der Waals surface area (Å²) in [6.45, 7) is 4.03. The zero-order chi connectivity index (χ0) is 57.0. The van der Waals surface area contributed by atoms with Gasteiger partial charge in [-0.2, -0.15) is 0 Å². The van der Waals surface area contributed by atoms with Gasteiger partial charge in [-0.25, -0.2) is 0 Å². The number of carbonyl (C=O) groups excluding carboxylic acids is 2. The van der Waals surface area contributed by atoms with E-state index in [0.717, 1.165) is 100.0 Å². The van der Waals surface area contributed by atoms with E-state index in [2.05, 4.69) is 205 Å². The average Bonchev–Trinajstić information content (AvgIpc) is 2.18. The Labute approximate surface area is 489 Å². The molecule has 0 aliphatic heterocycles. The number of carbonyl (C=O) groups is 2. The monoisotopic (exact) mass is 1080 g/mol. The highest BCUT2D eigenvalue weighted by atomic mass is 16.2. The summed E-state index contributed by atoms with van der Waals surface area (Å²) in [4.78, 5) is 37.9. The Morgan fingerprint density at radius 3 is 0.810 bits per heavy atom. The van der Waals surface area contributed by atoms with Crippen LogP contribution in [0.25, 0.3) is 44.1 Å². The van der Waals surface area contributed by atoms with Crippen molar-refractivity contribution >= 4 is 45.0 Å². The molecule has 2 N–H and O–H groups in total. The molecule has 0 saturated carbocycles. The Kier molecular flexibility index (Phi) is 14.1. The first kappa shape index (κ1) is 52.5. The van der Waals surface area contributed by atoms with Gasteiger partial charge in [-0.05, 0) is 130 Å². The minimum absolute atomic E-state index is 0.191. The number of rotatable bonds is 14. The molecule has 0 atom stereocenters. The molecule has 6 heteroatoms. The average molecular weight is 1080 g/mol. The van der Waals surface area contributed by atoms with Crippen molar-refractivity contribution in [3.8, 4) is 22.3 Å². The Morgan fingerprint density at radius 1 is 0.298 bits per heavy atom. The quantitative estimate of drug-likeness (QED) is 0.0839. The number of fused-ring (bicyclic) bond motifs is 3. The fourth-order valence-electron chi connectivity index (χ4n) is 12.4. The molecule has 0 saturated heterocycles. The van der Waals surface area contributed by atoms with E-state index in [9.17, 15) is 9.59 Å². The molecule has 11 aromatic carbocycles. The summed E-state index contributed by atoms with van der Waals surface area (Å²) in [5.41, 5.74) is 17.7. The third-order valence-corrected chi connectivity index (χ3v) is 16.5. The van der Waals surface area contributed by atoms with Crippen molar-refractivity contribution < 1.29 is 9.59 Å². The molecule has 2 heterocycles. The SMILES string of the molecule is Cc1nc2c(ccc3cc(-c4ccc(C(=O)Nc5ccc(C(c6ccccc6)(c6ccccc6)c6ccccc6)cc5)cc4)c(C)nc32)cc1-c1ccc(C(=O)Nc2ccc(C(c3ccccc3)(c3ccccc3)c3ccccc3)cc2)cc1. The van der Waals surface area contributed by atoms with E-state index in [4.69, 9.17) is 9.97 Å². The Morgan fingerprint density at radius 2 is 0.548 bits per heavy atom. The van der Waals surface area contributed by atoms with Crippen LogP contribution in [-0.2, 0) is 10.8 Å². The van der Waals surface area contributed by atoms with Gasteiger partial charge in [-0.1, -0.05) is 243 Å². The van der Waals surface area contributed by atoms with Crippen LogP contribution in [0.3, 0.4) is 0 Å². The number of aryl methyl sites for hydroxylation is 2. The predicted molar refractivity (Wildman–Crippen MR) is 343 cm³/mol. The number of hydrogen-bond acceptors (Lipinski definition) is 4. The van der Waals surface area contributed by atoms with Crippen LogP contribution in [0.2, 0.25) is 0 Å². The lowest BCUT2D eigenvalue weighted by Gasteiger charge is -2.37. The van der Waals surface area contributed by atoms with E-state index in [1.807, 2.05) is 123 Å². The van der Waals surface area contributed by atoms with Crippen LogP contribution < -0.4 is 10.6 Å². The molecule has 402 valence electrons. The van der Waals surface area contributed by atoms with Gasteiger partial charge in [0.25, 0.3) is 11.8 Å². The van der Waals surface area contributed by atoms with Crippen LogP contribution in [0.4, 0.5) is 11.4 Å². The Balaban J connectivity index is 0.703. The lowest BCUT2D eigenvalue weighted by Crippen LogP contribution is -2.31. The number of nitrogens with one attached hydrogen (secondary N) is 2. The van der Waals surface area contributed by atoms with Gasteiger partial charge < -0.3 is 10.6 Å². The molecule has 13 aromatic rings. The van der Waals surface area contributed by atoms with Crippen molar-refractivity contribution in [1.82, 2.24) is 9.97 Å². The molecule has 0 spiro atoms. The van der Waals surface area contributed by atoms with E-state index in [-0.39, 0.29) is 11.8 Å². The predicted octanol–water partition coefficient (Wildman–Crippen LogP) is 18.0. The maximum absolute atomic E-state index is 13.8. The first-order valence-electron chi connectivity index (χ1n) is 28.4. The molecule has 0 bridgehead atoms. The van der Waals surface area contributed by atoms with Gasteiger partial charge in [0.15, 0.2) is 0 Å². The fourth-order valence-corrected chi connectivity index (χ4v) is 12.4. The second-order valence-corrected chi connectivity index (χ2v) is 21.4. The van der Waals surface area contributed by atoms with Crippen molar-refractivity contribution in [2.45, 2.75) is 24.7 Å². The first-order chi connectivity index (χ1) is 41.3. The molecule has 13 rings (SSSR count). The zero-order valence-corrected chi connectivity index (χ0v) is 46.6. The van der Waals surface area contributed by atoms with Crippen LogP contribution in [-0.4, -0.2) is 21.8 Å². The third kappa shape index (κ3) is 9.69. The normalized spacial score (nSPS) is 11.5. The van der Waals surface area contributed by atoms with E-state index >= 15 is 0 Å². The molecule has 0 aliphatic carbocycles. The van der Waals surface area contributed by atoms with Gasteiger partial charge in [0.2, 0.25) is 0 Å². The summed E-state index contributed by atoms with van der Waals surface area (Å²) in [7, 11) is 0. The number of anilines is 2. The standard InChI is InChI=1S/C78H58N4O2/c1-53-71(55-33-37-57(38-34-55)75(83)81-69-47-43-67(44-48-69)77(61-21-9-3-10-22-61,62-23-11-4-12-24-62)63-25-13-5-14-26-63)51-59-41-42-60-52-72(54(2)80-74(60)73(59)79-53)56-35-39-58(40-36-56)76(84)82-70-49-45-68(46-50-70)78(64-27-15-6-16-28-64,65-29-17-7-18-30-65)66-31-19-8-20-32-66/h3-52H,1-2H3,(H,81,83)(H,82,84). The summed E-state index contributed by atoms with van der Waals surface area (Å²) in [6, 6.07) is 104. The van der Waals surface area contributed by atoms with Gasteiger partial charge in [0, 0.05) is 55.8 Å². The smallest absolute Gasteiger partial charge is 0.255 e. The summed E-state index contributed by atoms with van der Waals surface area (Å²) in [5, 5.41) is 8.23. The molecular weight excluding hydrogens is 1020 g/mol. The molecular formula is C78H58N4O2. The molecule has 6 nitrogen and oxygen atoms in total.